The van der Waals surface area contributed by atoms with Gasteiger partial charge in [-0.2, -0.15) is 0 Å². The van der Waals surface area contributed by atoms with Crippen molar-refractivity contribution in [3.63, 3.8) is 0 Å². The maximum atomic E-state index is 11.9. The molecule has 0 saturated carbocycles. The van der Waals surface area contributed by atoms with Crippen molar-refractivity contribution in [3.8, 4) is 12.3 Å². The number of nitrogens with zero attached hydrogens (tertiary/aromatic N) is 2. The molecule has 1 aromatic rings. The lowest BCUT2D eigenvalue weighted by Gasteiger charge is -2.15. The molecule has 0 aromatic heterocycles. The Balaban J connectivity index is 2.31. The number of anilines is 1. The summed E-state index contributed by atoms with van der Waals surface area (Å²) in [6.45, 7) is 0.136. The van der Waals surface area contributed by atoms with Gasteiger partial charge in [-0.05, 0) is 18.2 Å². The normalized spacial score (nSPS) is 15.3. The van der Waals surface area contributed by atoms with E-state index in [1.54, 1.807) is 24.3 Å². The van der Waals surface area contributed by atoms with E-state index in [0.717, 1.165) is 4.90 Å². The highest BCUT2D eigenvalue weighted by atomic mass is 35.5. The number of hydrogen-bond donors (Lipinski definition) is 0. The van der Waals surface area contributed by atoms with Gasteiger partial charge in [0.05, 0.1) is 12.2 Å². The standard InChI is InChI=1S/C12H9ClN2O2/c1-2-6-14-8-11(16)15(12(14)17)10-5-3-4-9(13)7-10/h1,3-5,7H,6,8H2. The number of urea groups is 1. The summed E-state index contributed by atoms with van der Waals surface area (Å²) < 4.78 is 0. The summed E-state index contributed by atoms with van der Waals surface area (Å²) in [6, 6.07) is 6.17. The summed E-state index contributed by atoms with van der Waals surface area (Å²) in [5.41, 5.74) is 0.465. The minimum Gasteiger partial charge on any atom is -0.303 e. The number of imide groups is 1. The Morgan fingerprint density at radius 1 is 1.41 bits per heavy atom. The van der Waals surface area contributed by atoms with Crippen LogP contribution in [-0.4, -0.2) is 29.9 Å². The lowest BCUT2D eigenvalue weighted by Crippen LogP contribution is -2.33. The number of carbonyl (C=O) groups excluding carboxylic acids is 2. The first kappa shape index (κ1) is 11.5. The van der Waals surface area contributed by atoms with Gasteiger partial charge in [-0.25, -0.2) is 9.69 Å². The van der Waals surface area contributed by atoms with E-state index in [-0.39, 0.29) is 19.0 Å². The van der Waals surface area contributed by atoms with E-state index in [2.05, 4.69) is 5.92 Å². The lowest BCUT2D eigenvalue weighted by atomic mass is 10.3. The summed E-state index contributed by atoms with van der Waals surface area (Å²) in [5.74, 6) is 2.05. The highest BCUT2D eigenvalue weighted by Gasteiger charge is 2.36. The van der Waals surface area contributed by atoms with Crippen LogP contribution in [0.25, 0.3) is 0 Å². The molecule has 4 nitrogen and oxygen atoms in total. The highest BCUT2D eigenvalue weighted by molar-refractivity contribution is 6.31. The van der Waals surface area contributed by atoms with Gasteiger partial charge in [-0.1, -0.05) is 23.6 Å². The van der Waals surface area contributed by atoms with Crippen molar-refractivity contribution >= 4 is 29.2 Å². The minimum atomic E-state index is -0.407. The number of benzene rings is 1. The zero-order valence-electron chi connectivity index (χ0n) is 8.89. The molecule has 0 bridgehead atoms. The molecule has 0 atom stereocenters. The zero-order chi connectivity index (χ0) is 12.4. The van der Waals surface area contributed by atoms with Crippen molar-refractivity contribution < 1.29 is 9.59 Å². The molecule has 1 fully saturated rings. The molecule has 0 aliphatic carbocycles. The van der Waals surface area contributed by atoms with E-state index in [4.69, 9.17) is 18.0 Å². The zero-order valence-corrected chi connectivity index (χ0v) is 9.65. The van der Waals surface area contributed by atoms with Gasteiger partial charge in [0, 0.05) is 5.02 Å². The van der Waals surface area contributed by atoms with Crippen LogP contribution in [0, 0.1) is 12.3 Å². The summed E-state index contributed by atoms with van der Waals surface area (Å²) in [5, 5.41) is 0.471. The average Bonchev–Trinajstić information content (AvgIpc) is 2.55. The van der Waals surface area contributed by atoms with Gasteiger partial charge < -0.3 is 4.90 Å². The van der Waals surface area contributed by atoms with Gasteiger partial charge >= 0.3 is 6.03 Å². The molecule has 2 rings (SSSR count). The smallest absolute Gasteiger partial charge is 0.303 e. The fraction of sp³-hybridized carbons (Fsp3) is 0.167. The van der Waals surface area contributed by atoms with E-state index in [9.17, 15) is 9.59 Å². The summed E-state index contributed by atoms with van der Waals surface area (Å²) in [6.07, 6.45) is 5.13. The van der Waals surface area contributed by atoms with Crippen molar-refractivity contribution in [2.75, 3.05) is 18.0 Å². The van der Waals surface area contributed by atoms with Crippen LogP contribution in [0.15, 0.2) is 24.3 Å². The van der Waals surface area contributed by atoms with Gasteiger partial charge in [-0.3, -0.25) is 4.79 Å². The molecule has 1 aliphatic heterocycles. The lowest BCUT2D eigenvalue weighted by molar-refractivity contribution is -0.116. The number of terminal acetylenes is 1. The van der Waals surface area contributed by atoms with Crippen LogP contribution >= 0.6 is 11.6 Å². The monoisotopic (exact) mass is 248 g/mol. The van der Waals surface area contributed by atoms with Gasteiger partial charge in [0.15, 0.2) is 0 Å². The summed E-state index contributed by atoms with van der Waals surface area (Å²) in [4.78, 5) is 26.0. The predicted molar refractivity (Wildman–Crippen MR) is 64.7 cm³/mol. The number of carbonyl (C=O) groups is 2. The SMILES string of the molecule is C#CCN1CC(=O)N(c2cccc(Cl)c2)C1=O. The molecule has 5 heteroatoms. The van der Waals surface area contributed by atoms with E-state index in [1.807, 2.05) is 0 Å². The predicted octanol–water partition coefficient (Wildman–Crippen LogP) is 1.74. The first-order valence-electron chi connectivity index (χ1n) is 4.94. The largest absolute Gasteiger partial charge is 0.332 e. The van der Waals surface area contributed by atoms with Crippen molar-refractivity contribution in [2.45, 2.75) is 0 Å². The van der Waals surface area contributed by atoms with Crippen LogP contribution in [0.4, 0.5) is 10.5 Å². The third-order valence-corrected chi connectivity index (χ3v) is 2.62. The van der Waals surface area contributed by atoms with Gasteiger partial charge in [0.25, 0.3) is 5.91 Å². The molecule has 1 saturated heterocycles. The van der Waals surface area contributed by atoms with Crippen LogP contribution in [-0.2, 0) is 4.79 Å². The molecule has 86 valence electrons. The number of halogens is 1. The second kappa shape index (κ2) is 4.48. The van der Waals surface area contributed by atoms with E-state index < -0.39 is 6.03 Å². The third kappa shape index (κ3) is 2.10. The molecule has 17 heavy (non-hydrogen) atoms. The topological polar surface area (TPSA) is 40.6 Å². The van der Waals surface area contributed by atoms with Gasteiger partial charge in [0.1, 0.15) is 6.54 Å². The Kier molecular flexibility index (Phi) is 3.03. The highest BCUT2D eigenvalue weighted by Crippen LogP contribution is 2.23. The van der Waals surface area contributed by atoms with Gasteiger partial charge in [0.2, 0.25) is 0 Å². The van der Waals surface area contributed by atoms with Crippen LogP contribution in [0.3, 0.4) is 0 Å². The number of amides is 3. The summed E-state index contributed by atoms with van der Waals surface area (Å²) >= 11 is 5.82. The molecule has 1 heterocycles. The maximum Gasteiger partial charge on any atom is 0.332 e. The molecular weight excluding hydrogens is 240 g/mol. The number of hydrogen-bond acceptors (Lipinski definition) is 2. The summed E-state index contributed by atoms with van der Waals surface area (Å²) in [7, 11) is 0. The second-order valence-electron chi connectivity index (χ2n) is 3.55. The molecular formula is C12H9ClN2O2. The molecule has 1 aliphatic rings. The van der Waals surface area contributed by atoms with E-state index >= 15 is 0 Å². The Bertz CT molecular complexity index is 521. The average molecular weight is 249 g/mol. The molecule has 0 N–H and O–H groups in total. The van der Waals surface area contributed by atoms with Crippen LogP contribution in [0.2, 0.25) is 5.02 Å². The van der Waals surface area contributed by atoms with Gasteiger partial charge in [-0.15, -0.1) is 6.42 Å². The maximum absolute atomic E-state index is 11.9. The van der Waals surface area contributed by atoms with E-state index in [0.29, 0.717) is 10.7 Å². The van der Waals surface area contributed by atoms with Crippen molar-refractivity contribution in [1.82, 2.24) is 4.90 Å². The molecule has 0 unspecified atom stereocenters. The Morgan fingerprint density at radius 2 is 2.18 bits per heavy atom. The Labute approximate surface area is 104 Å². The Hall–Kier alpha value is -1.99. The first-order valence-corrected chi connectivity index (χ1v) is 5.32. The fourth-order valence-electron chi connectivity index (χ4n) is 1.65. The molecule has 1 aromatic carbocycles. The number of rotatable bonds is 2. The molecule has 0 radical (unpaired) electrons. The van der Waals surface area contributed by atoms with Crippen molar-refractivity contribution in [3.05, 3.63) is 29.3 Å². The molecule has 3 amide bonds. The van der Waals surface area contributed by atoms with Crippen molar-refractivity contribution in [2.24, 2.45) is 0 Å². The minimum absolute atomic E-state index is 0.00947. The quantitative estimate of drug-likeness (QED) is 0.591. The van der Waals surface area contributed by atoms with Crippen LogP contribution in [0.1, 0.15) is 0 Å². The third-order valence-electron chi connectivity index (χ3n) is 2.39. The first-order chi connectivity index (χ1) is 8.13. The van der Waals surface area contributed by atoms with Crippen molar-refractivity contribution in [1.29, 1.82) is 0 Å². The Morgan fingerprint density at radius 3 is 2.82 bits per heavy atom. The van der Waals surface area contributed by atoms with E-state index in [1.165, 1.54) is 4.90 Å². The fourth-order valence-corrected chi connectivity index (χ4v) is 1.84. The van der Waals surface area contributed by atoms with Crippen LogP contribution < -0.4 is 4.90 Å². The second-order valence-corrected chi connectivity index (χ2v) is 3.99. The van der Waals surface area contributed by atoms with Crippen LogP contribution in [0.5, 0.6) is 0 Å². The molecule has 0 spiro atoms.